The first-order chi connectivity index (χ1) is 14.2. The van der Waals surface area contributed by atoms with Crippen LogP contribution in [-0.2, 0) is 0 Å². The molecule has 140 valence electrons. The second-order valence-corrected chi connectivity index (χ2v) is 6.77. The van der Waals surface area contributed by atoms with E-state index in [9.17, 15) is 4.79 Å². The number of nitrogens with zero attached hydrogens (tertiary/aromatic N) is 4. The number of fused-ring (bicyclic) bond motifs is 1. The van der Waals surface area contributed by atoms with E-state index in [0.29, 0.717) is 11.4 Å². The lowest BCUT2D eigenvalue weighted by Gasteiger charge is -2.05. The molecule has 2 aromatic heterocycles. The Hall–Kier alpha value is -4.13. The molecule has 0 aliphatic carbocycles. The van der Waals surface area contributed by atoms with E-state index in [0.717, 1.165) is 39.1 Å². The fraction of sp³-hybridized carbons (Fsp3) is 0.0455. The number of H-pyrrole nitrogens is 2. The summed E-state index contributed by atoms with van der Waals surface area (Å²) in [4.78, 5) is 19.6. The second-order valence-electron chi connectivity index (χ2n) is 6.77. The maximum atomic E-state index is 11.5. The van der Waals surface area contributed by atoms with Crippen LogP contribution in [0.25, 0.3) is 44.9 Å². The zero-order valence-electron chi connectivity index (χ0n) is 15.5. The first-order valence-electron chi connectivity index (χ1n) is 9.13. The molecular weight excluding hydrogens is 364 g/mol. The molecule has 0 atom stereocenters. The van der Waals surface area contributed by atoms with Crippen molar-refractivity contribution in [2.45, 2.75) is 6.92 Å². The normalized spacial score (nSPS) is 11.1. The first-order valence-corrected chi connectivity index (χ1v) is 9.13. The summed E-state index contributed by atoms with van der Waals surface area (Å²) < 4.78 is 0. The van der Waals surface area contributed by atoms with Gasteiger partial charge in [0.1, 0.15) is 5.82 Å². The lowest BCUT2D eigenvalue weighted by atomic mass is 10.0. The first kappa shape index (κ1) is 17.0. The highest BCUT2D eigenvalue weighted by molar-refractivity contribution is 5.94. The van der Waals surface area contributed by atoms with Crippen LogP contribution in [0.15, 0.2) is 66.7 Å². The fourth-order valence-electron chi connectivity index (χ4n) is 3.31. The van der Waals surface area contributed by atoms with Crippen LogP contribution in [0.2, 0.25) is 0 Å². The molecule has 0 amide bonds. The third-order valence-corrected chi connectivity index (χ3v) is 4.85. The molecule has 0 bridgehead atoms. The van der Waals surface area contributed by atoms with E-state index in [4.69, 9.17) is 4.98 Å². The quantitative estimate of drug-likeness (QED) is 0.453. The third-order valence-electron chi connectivity index (χ3n) is 4.85. The molecule has 0 unspecified atom stereocenters. The minimum Gasteiger partial charge on any atom is -0.338 e. The van der Waals surface area contributed by atoms with Crippen molar-refractivity contribution in [3.05, 3.63) is 72.3 Å². The number of hydrogen-bond donors (Lipinski definition) is 2. The van der Waals surface area contributed by atoms with E-state index in [1.807, 2.05) is 60.7 Å². The molecule has 3 aromatic carbocycles. The van der Waals surface area contributed by atoms with Crippen molar-refractivity contribution >= 4 is 16.8 Å². The van der Waals surface area contributed by atoms with Crippen molar-refractivity contribution in [3.8, 4) is 33.9 Å². The van der Waals surface area contributed by atoms with Gasteiger partial charge in [-0.2, -0.15) is 5.21 Å². The standard InChI is InChI=1S/C22H16N6O/c1-13(29)14-5-7-15(8-6-14)16-3-2-4-17(11-16)21-23-19-10-9-18(12-20(19)24-21)22-25-27-28-26-22/h2-12H,1H3,(H,23,24)(H,25,26,27,28). The lowest BCUT2D eigenvalue weighted by Crippen LogP contribution is -1.91. The Morgan fingerprint density at radius 1 is 0.862 bits per heavy atom. The minimum atomic E-state index is 0.0627. The Bertz CT molecular complexity index is 1320. The van der Waals surface area contributed by atoms with Gasteiger partial charge in [0.25, 0.3) is 0 Å². The molecule has 0 saturated carbocycles. The van der Waals surface area contributed by atoms with Gasteiger partial charge in [-0.1, -0.05) is 42.5 Å². The van der Waals surface area contributed by atoms with Gasteiger partial charge in [-0.15, -0.1) is 10.2 Å². The average Bonchev–Trinajstić information content (AvgIpc) is 3.43. The number of imidazole rings is 1. The molecular formula is C22H16N6O. The number of hydrogen-bond acceptors (Lipinski definition) is 5. The van der Waals surface area contributed by atoms with Gasteiger partial charge in [-0.25, -0.2) is 4.98 Å². The predicted octanol–water partition coefficient (Wildman–Crippen LogP) is 4.28. The van der Waals surface area contributed by atoms with E-state index in [1.165, 1.54) is 0 Å². The van der Waals surface area contributed by atoms with Crippen molar-refractivity contribution in [3.63, 3.8) is 0 Å². The average molecular weight is 380 g/mol. The van der Waals surface area contributed by atoms with E-state index >= 15 is 0 Å². The molecule has 2 heterocycles. The smallest absolute Gasteiger partial charge is 0.204 e. The third kappa shape index (κ3) is 3.19. The van der Waals surface area contributed by atoms with Crippen molar-refractivity contribution in [1.82, 2.24) is 30.6 Å². The van der Waals surface area contributed by atoms with E-state index in [-0.39, 0.29) is 5.78 Å². The van der Waals surface area contributed by atoms with Crippen LogP contribution in [0.1, 0.15) is 17.3 Å². The molecule has 7 nitrogen and oxygen atoms in total. The topological polar surface area (TPSA) is 100 Å². The van der Waals surface area contributed by atoms with E-state index in [2.05, 4.69) is 31.7 Å². The maximum Gasteiger partial charge on any atom is 0.204 e. The number of benzene rings is 3. The summed E-state index contributed by atoms with van der Waals surface area (Å²) in [6, 6.07) is 21.6. The monoisotopic (exact) mass is 380 g/mol. The SMILES string of the molecule is CC(=O)c1ccc(-c2cccc(-c3nc4ccc(-c5nn[nH]n5)cc4[nH]3)c2)cc1. The minimum absolute atomic E-state index is 0.0627. The Kier molecular flexibility index (Phi) is 3.98. The summed E-state index contributed by atoms with van der Waals surface area (Å²) in [5, 5.41) is 14.1. The molecule has 0 fully saturated rings. The molecule has 0 aliphatic heterocycles. The van der Waals surface area contributed by atoms with Gasteiger partial charge in [0, 0.05) is 16.7 Å². The highest BCUT2D eigenvalue weighted by atomic mass is 16.1. The maximum absolute atomic E-state index is 11.5. The zero-order chi connectivity index (χ0) is 19.8. The number of carbonyl (C=O) groups is 1. The Labute approximate surface area is 165 Å². The van der Waals surface area contributed by atoms with Crippen molar-refractivity contribution in [1.29, 1.82) is 0 Å². The molecule has 7 heteroatoms. The summed E-state index contributed by atoms with van der Waals surface area (Å²) in [6.45, 7) is 1.57. The number of rotatable bonds is 4. The summed E-state index contributed by atoms with van der Waals surface area (Å²) in [7, 11) is 0. The van der Waals surface area contributed by atoms with Crippen LogP contribution in [0, 0.1) is 0 Å². The van der Waals surface area contributed by atoms with Gasteiger partial charge >= 0.3 is 0 Å². The number of nitrogens with one attached hydrogen (secondary N) is 2. The molecule has 29 heavy (non-hydrogen) atoms. The van der Waals surface area contributed by atoms with Gasteiger partial charge in [-0.3, -0.25) is 4.79 Å². The fourth-order valence-corrected chi connectivity index (χ4v) is 3.31. The number of aromatic amines is 2. The summed E-state index contributed by atoms with van der Waals surface area (Å²) >= 11 is 0. The molecule has 5 rings (SSSR count). The van der Waals surface area contributed by atoms with Gasteiger partial charge < -0.3 is 4.98 Å². The van der Waals surface area contributed by atoms with Crippen molar-refractivity contribution in [2.75, 3.05) is 0 Å². The molecule has 5 aromatic rings. The van der Waals surface area contributed by atoms with Gasteiger partial charge in [0.2, 0.25) is 5.82 Å². The van der Waals surface area contributed by atoms with Crippen LogP contribution in [0.4, 0.5) is 0 Å². The number of ketones is 1. The number of carbonyl (C=O) groups excluding carboxylic acids is 1. The molecule has 0 saturated heterocycles. The number of tetrazole rings is 1. The molecule has 2 N–H and O–H groups in total. The summed E-state index contributed by atoms with van der Waals surface area (Å²) in [5.74, 6) is 1.39. The molecule has 0 radical (unpaired) electrons. The number of aromatic nitrogens is 6. The molecule has 0 aliphatic rings. The van der Waals surface area contributed by atoms with Crippen molar-refractivity contribution < 1.29 is 4.79 Å². The van der Waals surface area contributed by atoms with Crippen molar-refractivity contribution in [2.24, 2.45) is 0 Å². The van der Waals surface area contributed by atoms with Crippen LogP contribution in [0.3, 0.4) is 0 Å². The van der Waals surface area contributed by atoms with Gasteiger partial charge in [-0.05, 0) is 47.5 Å². The highest BCUT2D eigenvalue weighted by Crippen LogP contribution is 2.28. The zero-order valence-corrected chi connectivity index (χ0v) is 15.5. The second kappa shape index (κ2) is 6.79. The Morgan fingerprint density at radius 3 is 2.41 bits per heavy atom. The molecule has 0 spiro atoms. The van der Waals surface area contributed by atoms with Crippen LogP contribution < -0.4 is 0 Å². The van der Waals surface area contributed by atoms with Gasteiger partial charge in [0.05, 0.1) is 11.0 Å². The Morgan fingerprint density at radius 2 is 1.66 bits per heavy atom. The van der Waals surface area contributed by atoms with Crippen LogP contribution >= 0.6 is 0 Å². The van der Waals surface area contributed by atoms with Gasteiger partial charge in [0.15, 0.2) is 5.78 Å². The predicted molar refractivity (Wildman–Crippen MR) is 110 cm³/mol. The number of Topliss-reactive ketones (excluding diaryl/α,β-unsaturated/α-hetero) is 1. The lowest BCUT2D eigenvalue weighted by molar-refractivity contribution is 0.101. The summed E-state index contributed by atoms with van der Waals surface area (Å²) in [6.07, 6.45) is 0. The summed E-state index contributed by atoms with van der Waals surface area (Å²) in [5.41, 5.74) is 6.43. The largest absolute Gasteiger partial charge is 0.338 e. The van der Waals surface area contributed by atoms with Crippen LogP contribution in [-0.4, -0.2) is 36.4 Å². The van der Waals surface area contributed by atoms with E-state index in [1.54, 1.807) is 6.92 Å². The Balaban J connectivity index is 1.51. The van der Waals surface area contributed by atoms with Crippen LogP contribution in [0.5, 0.6) is 0 Å². The van der Waals surface area contributed by atoms with E-state index < -0.39 is 0 Å². The highest BCUT2D eigenvalue weighted by Gasteiger charge is 2.10.